The van der Waals surface area contributed by atoms with Crippen molar-refractivity contribution in [1.29, 1.82) is 0 Å². The molecule has 1 aliphatic heterocycles. The molecule has 0 bridgehead atoms. The molecular weight excluding hydrogens is 376 g/mol. The first kappa shape index (κ1) is 21.2. The molecule has 29 heavy (non-hydrogen) atoms. The van der Waals surface area contributed by atoms with E-state index in [2.05, 4.69) is 15.2 Å². The van der Waals surface area contributed by atoms with E-state index in [0.29, 0.717) is 31.2 Å². The number of nitrogens with zero attached hydrogens (tertiary/aromatic N) is 2. The minimum Gasteiger partial charge on any atom is -0.386 e. The summed E-state index contributed by atoms with van der Waals surface area (Å²) in [6, 6.07) is 12.1. The molecule has 0 aromatic heterocycles. The molecule has 0 amide bonds. The van der Waals surface area contributed by atoms with Crippen LogP contribution in [0.4, 0.5) is 8.78 Å². The Hall–Kier alpha value is -2.51. The Morgan fingerprint density at radius 3 is 2.38 bits per heavy atom. The molecule has 156 valence electrons. The van der Waals surface area contributed by atoms with Gasteiger partial charge in [-0.15, -0.1) is 0 Å². The van der Waals surface area contributed by atoms with Crippen LogP contribution in [0.2, 0.25) is 0 Å². The maximum Gasteiger partial charge on any atom is 0.194 e. The minimum atomic E-state index is -0.824. The van der Waals surface area contributed by atoms with Gasteiger partial charge in [0.05, 0.1) is 25.3 Å². The fourth-order valence-corrected chi connectivity index (χ4v) is 3.37. The van der Waals surface area contributed by atoms with E-state index in [0.717, 1.165) is 5.56 Å². The van der Waals surface area contributed by atoms with Gasteiger partial charge in [-0.1, -0.05) is 24.3 Å². The number of guanidine groups is 1. The third kappa shape index (κ3) is 5.74. The molecule has 1 heterocycles. The SMILES string of the molecule is CCNC(=NCC(O)c1ccc(F)cc1)N1CC(C)OC(c2ccc(F)cc2)C1. The van der Waals surface area contributed by atoms with Gasteiger partial charge in [-0.3, -0.25) is 4.99 Å². The van der Waals surface area contributed by atoms with Crippen LogP contribution in [-0.4, -0.2) is 48.2 Å². The van der Waals surface area contributed by atoms with Crippen molar-refractivity contribution in [3.63, 3.8) is 0 Å². The monoisotopic (exact) mass is 403 g/mol. The van der Waals surface area contributed by atoms with E-state index in [1.807, 2.05) is 13.8 Å². The van der Waals surface area contributed by atoms with Crippen molar-refractivity contribution in [3.05, 3.63) is 71.3 Å². The van der Waals surface area contributed by atoms with Crippen LogP contribution in [0.5, 0.6) is 0 Å². The Morgan fingerprint density at radius 2 is 1.76 bits per heavy atom. The zero-order valence-electron chi connectivity index (χ0n) is 16.7. The predicted molar refractivity (Wildman–Crippen MR) is 109 cm³/mol. The Balaban J connectivity index is 1.73. The number of nitrogens with one attached hydrogen (secondary N) is 1. The lowest BCUT2D eigenvalue weighted by atomic mass is 10.1. The van der Waals surface area contributed by atoms with Crippen LogP contribution in [0, 0.1) is 11.6 Å². The van der Waals surface area contributed by atoms with Gasteiger partial charge in [-0.05, 0) is 49.2 Å². The van der Waals surface area contributed by atoms with E-state index in [1.54, 1.807) is 24.3 Å². The highest BCUT2D eigenvalue weighted by Crippen LogP contribution is 2.25. The lowest BCUT2D eigenvalue weighted by Crippen LogP contribution is -2.50. The standard InChI is InChI=1S/C22H27F2N3O2/c1-3-25-22(26-12-20(28)16-4-8-18(23)9-5-16)27-13-15(2)29-21(14-27)17-6-10-19(24)11-7-17/h4-11,15,20-21,28H,3,12-14H2,1-2H3,(H,25,26). The summed E-state index contributed by atoms with van der Waals surface area (Å²) in [6.45, 7) is 6.01. The Labute approximate surface area is 170 Å². The maximum atomic E-state index is 13.2. The van der Waals surface area contributed by atoms with Crippen molar-refractivity contribution in [2.24, 2.45) is 4.99 Å². The quantitative estimate of drug-likeness (QED) is 0.593. The molecule has 0 saturated carbocycles. The molecule has 0 radical (unpaired) electrons. The van der Waals surface area contributed by atoms with Gasteiger partial charge >= 0.3 is 0 Å². The normalized spacial score (nSPS) is 21.1. The summed E-state index contributed by atoms with van der Waals surface area (Å²) in [5.74, 6) is 0.0574. The van der Waals surface area contributed by atoms with Crippen molar-refractivity contribution in [1.82, 2.24) is 10.2 Å². The van der Waals surface area contributed by atoms with Gasteiger partial charge < -0.3 is 20.1 Å². The summed E-state index contributed by atoms with van der Waals surface area (Å²) < 4.78 is 32.4. The number of rotatable bonds is 5. The van der Waals surface area contributed by atoms with Gasteiger partial charge in [0.2, 0.25) is 0 Å². The zero-order chi connectivity index (χ0) is 20.8. The van der Waals surface area contributed by atoms with Crippen molar-refractivity contribution < 1.29 is 18.6 Å². The lowest BCUT2D eigenvalue weighted by Gasteiger charge is -2.38. The number of hydrogen-bond donors (Lipinski definition) is 2. The molecule has 2 N–H and O–H groups in total. The second-order valence-electron chi connectivity index (χ2n) is 7.15. The number of aliphatic hydroxyl groups excluding tert-OH is 1. The number of aliphatic imine (C=N–C) groups is 1. The highest BCUT2D eigenvalue weighted by atomic mass is 19.1. The summed E-state index contributed by atoms with van der Waals surface area (Å²) in [6.07, 6.45) is -1.06. The van der Waals surface area contributed by atoms with E-state index < -0.39 is 6.10 Å². The van der Waals surface area contributed by atoms with E-state index in [-0.39, 0.29) is 30.4 Å². The molecule has 7 heteroatoms. The summed E-state index contributed by atoms with van der Waals surface area (Å²) >= 11 is 0. The lowest BCUT2D eigenvalue weighted by molar-refractivity contribution is -0.0605. The Morgan fingerprint density at radius 1 is 1.14 bits per heavy atom. The van der Waals surface area contributed by atoms with Gasteiger partial charge in [0.25, 0.3) is 0 Å². The molecule has 3 rings (SSSR count). The topological polar surface area (TPSA) is 57.1 Å². The molecule has 0 aliphatic carbocycles. The van der Waals surface area contributed by atoms with E-state index >= 15 is 0 Å². The van der Waals surface area contributed by atoms with Crippen molar-refractivity contribution in [2.45, 2.75) is 32.2 Å². The number of morpholine rings is 1. The van der Waals surface area contributed by atoms with Gasteiger partial charge in [0, 0.05) is 13.1 Å². The van der Waals surface area contributed by atoms with E-state index in [9.17, 15) is 13.9 Å². The van der Waals surface area contributed by atoms with Crippen LogP contribution in [0.1, 0.15) is 37.2 Å². The number of aliphatic hydroxyl groups is 1. The van der Waals surface area contributed by atoms with Gasteiger partial charge in [-0.25, -0.2) is 8.78 Å². The van der Waals surface area contributed by atoms with Gasteiger partial charge in [-0.2, -0.15) is 0 Å². The zero-order valence-corrected chi connectivity index (χ0v) is 16.7. The molecule has 0 spiro atoms. The third-order valence-corrected chi connectivity index (χ3v) is 4.81. The van der Waals surface area contributed by atoms with Crippen molar-refractivity contribution in [3.8, 4) is 0 Å². The predicted octanol–water partition coefficient (Wildman–Crippen LogP) is 3.43. The van der Waals surface area contributed by atoms with Crippen LogP contribution in [0.3, 0.4) is 0 Å². The number of benzene rings is 2. The fraction of sp³-hybridized carbons (Fsp3) is 0.409. The largest absolute Gasteiger partial charge is 0.386 e. The summed E-state index contributed by atoms with van der Waals surface area (Å²) in [5, 5.41) is 13.7. The second kappa shape index (κ2) is 9.80. The first-order valence-corrected chi connectivity index (χ1v) is 9.84. The van der Waals surface area contributed by atoms with Gasteiger partial charge in [0.1, 0.15) is 17.7 Å². The molecular formula is C22H27F2N3O2. The highest BCUT2D eigenvalue weighted by Gasteiger charge is 2.28. The molecule has 3 atom stereocenters. The maximum absolute atomic E-state index is 13.2. The Kier molecular flexibility index (Phi) is 7.17. The smallest absolute Gasteiger partial charge is 0.194 e. The third-order valence-electron chi connectivity index (χ3n) is 4.81. The highest BCUT2D eigenvalue weighted by molar-refractivity contribution is 5.80. The van der Waals surface area contributed by atoms with Crippen molar-refractivity contribution >= 4 is 5.96 Å². The molecule has 2 aromatic rings. The van der Waals surface area contributed by atoms with Crippen LogP contribution in [-0.2, 0) is 4.74 Å². The molecule has 1 aliphatic rings. The average Bonchev–Trinajstić information content (AvgIpc) is 2.71. The fourth-order valence-electron chi connectivity index (χ4n) is 3.37. The van der Waals surface area contributed by atoms with E-state index in [4.69, 9.17) is 4.74 Å². The first-order chi connectivity index (χ1) is 14.0. The number of ether oxygens (including phenoxy) is 1. The molecule has 1 saturated heterocycles. The average molecular weight is 403 g/mol. The number of hydrogen-bond acceptors (Lipinski definition) is 3. The van der Waals surface area contributed by atoms with Crippen LogP contribution in [0.15, 0.2) is 53.5 Å². The second-order valence-corrected chi connectivity index (χ2v) is 7.15. The number of halogens is 2. The summed E-state index contributed by atoms with van der Waals surface area (Å²) in [4.78, 5) is 6.67. The van der Waals surface area contributed by atoms with Gasteiger partial charge in [0.15, 0.2) is 5.96 Å². The van der Waals surface area contributed by atoms with E-state index in [1.165, 1.54) is 24.3 Å². The molecule has 2 aromatic carbocycles. The minimum absolute atomic E-state index is 0.0373. The summed E-state index contributed by atoms with van der Waals surface area (Å²) in [5.41, 5.74) is 1.52. The Bertz CT molecular complexity index is 812. The van der Waals surface area contributed by atoms with Crippen molar-refractivity contribution in [2.75, 3.05) is 26.2 Å². The molecule has 1 fully saturated rings. The van der Waals surface area contributed by atoms with Crippen LogP contribution < -0.4 is 5.32 Å². The summed E-state index contributed by atoms with van der Waals surface area (Å²) in [7, 11) is 0. The van der Waals surface area contributed by atoms with Crippen LogP contribution in [0.25, 0.3) is 0 Å². The molecule has 5 nitrogen and oxygen atoms in total. The molecule has 3 unspecified atom stereocenters. The van der Waals surface area contributed by atoms with Crippen LogP contribution >= 0.6 is 0 Å². The first-order valence-electron chi connectivity index (χ1n) is 9.84.